The minimum atomic E-state index is 0.297. The van der Waals surface area contributed by atoms with E-state index in [-0.39, 0.29) is 0 Å². The van der Waals surface area contributed by atoms with Gasteiger partial charge in [0.2, 0.25) is 0 Å². The van der Waals surface area contributed by atoms with Crippen LogP contribution in [0.15, 0.2) is 24.3 Å². The summed E-state index contributed by atoms with van der Waals surface area (Å²) in [4.78, 5) is 2.32. The highest BCUT2D eigenvalue weighted by atomic mass is 16.5. The molecule has 90 valence electrons. The largest absolute Gasteiger partial charge is 0.490 e. The number of nitrogens with zero attached hydrogens (tertiary/aromatic N) is 2. The molecule has 0 radical (unpaired) electrons. The van der Waals surface area contributed by atoms with Crippen LogP contribution >= 0.6 is 0 Å². The minimum absolute atomic E-state index is 0.297. The van der Waals surface area contributed by atoms with Crippen molar-refractivity contribution in [3.63, 3.8) is 0 Å². The van der Waals surface area contributed by atoms with Gasteiger partial charge in [-0.1, -0.05) is 18.2 Å². The van der Waals surface area contributed by atoms with Gasteiger partial charge < -0.3 is 9.64 Å². The molecular weight excluding hydrogens is 212 g/mol. The van der Waals surface area contributed by atoms with Crippen LogP contribution in [0.5, 0.6) is 5.75 Å². The van der Waals surface area contributed by atoms with E-state index < -0.39 is 0 Å². The van der Waals surface area contributed by atoms with Crippen molar-refractivity contribution in [3.8, 4) is 11.8 Å². The average molecular weight is 230 g/mol. The highest BCUT2D eigenvalue weighted by molar-refractivity contribution is 5.35. The number of para-hydroxylation sites is 1. The van der Waals surface area contributed by atoms with Crippen molar-refractivity contribution in [2.75, 3.05) is 20.1 Å². The summed E-state index contributed by atoms with van der Waals surface area (Å²) in [6.45, 7) is 2.18. The number of hydrogen-bond acceptors (Lipinski definition) is 3. The first kappa shape index (κ1) is 11.9. The molecule has 1 aliphatic rings. The maximum atomic E-state index is 8.77. The molecule has 0 aromatic heterocycles. The Labute approximate surface area is 103 Å². The van der Waals surface area contributed by atoms with Crippen LogP contribution in [0.3, 0.4) is 0 Å². The molecule has 17 heavy (non-hydrogen) atoms. The topological polar surface area (TPSA) is 36.3 Å². The Hall–Kier alpha value is -1.53. The Kier molecular flexibility index (Phi) is 4.00. The van der Waals surface area contributed by atoms with Crippen LogP contribution < -0.4 is 4.74 Å². The first-order chi connectivity index (χ1) is 8.29. The molecule has 0 unspecified atom stereocenters. The fourth-order valence-corrected chi connectivity index (χ4v) is 2.13. The number of benzene rings is 1. The molecule has 3 heteroatoms. The van der Waals surface area contributed by atoms with Crippen molar-refractivity contribution in [1.82, 2.24) is 4.90 Å². The van der Waals surface area contributed by atoms with Gasteiger partial charge in [0.25, 0.3) is 0 Å². The van der Waals surface area contributed by atoms with Gasteiger partial charge in [-0.2, -0.15) is 5.26 Å². The van der Waals surface area contributed by atoms with E-state index in [2.05, 4.69) is 18.0 Å². The second-order valence-electron chi connectivity index (χ2n) is 4.56. The smallest absolute Gasteiger partial charge is 0.123 e. The van der Waals surface area contributed by atoms with Crippen molar-refractivity contribution < 1.29 is 4.74 Å². The van der Waals surface area contributed by atoms with Crippen molar-refractivity contribution in [3.05, 3.63) is 29.8 Å². The molecule has 1 saturated heterocycles. The van der Waals surface area contributed by atoms with Crippen LogP contribution in [0.25, 0.3) is 0 Å². The molecule has 0 atom stereocenters. The first-order valence-corrected chi connectivity index (χ1v) is 6.09. The number of nitriles is 1. The lowest BCUT2D eigenvalue weighted by atomic mass is 10.1. The molecule has 0 N–H and O–H groups in total. The second kappa shape index (κ2) is 5.70. The zero-order valence-corrected chi connectivity index (χ0v) is 10.2. The lowest BCUT2D eigenvalue weighted by molar-refractivity contribution is 0.113. The Balaban J connectivity index is 2.01. The van der Waals surface area contributed by atoms with Crippen molar-refractivity contribution >= 4 is 0 Å². The predicted octanol–water partition coefficient (Wildman–Crippen LogP) is 2.23. The van der Waals surface area contributed by atoms with Crippen LogP contribution in [-0.2, 0) is 6.42 Å². The maximum Gasteiger partial charge on any atom is 0.123 e. The predicted molar refractivity (Wildman–Crippen MR) is 66.9 cm³/mol. The third kappa shape index (κ3) is 3.21. The highest BCUT2D eigenvalue weighted by Crippen LogP contribution is 2.23. The van der Waals surface area contributed by atoms with Crippen LogP contribution in [0, 0.1) is 11.3 Å². The van der Waals surface area contributed by atoms with E-state index in [0.717, 1.165) is 37.2 Å². The summed E-state index contributed by atoms with van der Waals surface area (Å²) in [5.41, 5.74) is 0.994. The highest BCUT2D eigenvalue weighted by Gasteiger charge is 2.18. The molecule has 1 heterocycles. The quantitative estimate of drug-likeness (QED) is 0.799. The lowest BCUT2D eigenvalue weighted by Crippen LogP contribution is -2.35. The minimum Gasteiger partial charge on any atom is -0.490 e. The Morgan fingerprint density at radius 3 is 2.76 bits per heavy atom. The van der Waals surface area contributed by atoms with Gasteiger partial charge in [-0.05, 0) is 26.0 Å². The van der Waals surface area contributed by atoms with Gasteiger partial charge in [0, 0.05) is 18.7 Å². The van der Waals surface area contributed by atoms with Crippen molar-refractivity contribution in [2.45, 2.75) is 25.4 Å². The van der Waals surface area contributed by atoms with E-state index in [1.54, 1.807) is 0 Å². The Morgan fingerprint density at radius 1 is 1.35 bits per heavy atom. The number of rotatable bonds is 3. The van der Waals surface area contributed by atoms with Gasteiger partial charge in [0.05, 0.1) is 12.5 Å². The van der Waals surface area contributed by atoms with Gasteiger partial charge in [-0.25, -0.2) is 0 Å². The van der Waals surface area contributed by atoms with Gasteiger partial charge in [-0.3, -0.25) is 0 Å². The zero-order chi connectivity index (χ0) is 12.1. The van der Waals surface area contributed by atoms with Crippen LogP contribution in [-0.4, -0.2) is 31.1 Å². The monoisotopic (exact) mass is 230 g/mol. The molecule has 0 aliphatic carbocycles. The fourth-order valence-electron chi connectivity index (χ4n) is 2.13. The summed E-state index contributed by atoms with van der Waals surface area (Å²) >= 11 is 0. The SMILES string of the molecule is CN1CCC(Oc2ccccc2CC#N)CC1. The summed E-state index contributed by atoms with van der Waals surface area (Å²) in [7, 11) is 2.14. The van der Waals surface area contributed by atoms with E-state index in [1.165, 1.54) is 0 Å². The molecule has 0 saturated carbocycles. The van der Waals surface area contributed by atoms with Gasteiger partial charge in [0.1, 0.15) is 11.9 Å². The molecule has 1 aromatic carbocycles. The summed E-state index contributed by atoms with van der Waals surface area (Å²) < 4.78 is 6.01. The fraction of sp³-hybridized carbons (Fsp3) is 0.500. The van der Waals surface area contributed by atoms with Crippen molar-refractivity contribution in [2.24, 2.45) is 0 Å². The normalized spacial score (nSPS) is 17.6. The molecule has 0 bridgehead atoms. The van der Waals surface area contributed by atoms with Crippen molar-refractivity contribution in [1.29, 1.82) is 5.26 Å². The van der Waals surface area contributed by atoms with E-state index in [9.17, 15) is 0 Å². The van der Waals surface area contributed by atoms with E-state index in [4.69, 9.17) is 10.00 Å². The van der Waals surface area contributed by atoms with Crippen LogP contribution in [0.1, 0.15) is 18.4 Å². The van der Waals surface area contributed by atoms with Gasteiger partial charge in [0.15, 0.2) is 0 Å². The molecule has 0 spiro atoms. The van der Waals surface area contributed by atoms with Gasteiger partial charge >= 0.3 is 0 Å². The summed E-state index contributed by atoms with van der Waals surface area (Å²) in [6, 6.07) is 10.0. The summed E-state index contributed by atoms with van der Waals surface area (Å²) in [6.07, 6.45) is 2.85. The number of piperidine rings is 1. The maximum absolute atomic E-state index is 8.77. The van der Waals surface area contributed by atoms with Gasteiger partial charge in [-0.15, -0.1) is 0 Å². The summed E-state index contributed by atoms with van der Waals surface area (Å²) in [5, 5.41) is 8.77. The number of hydrogen-bond donors (Lipinski definition) is 0. The van der Waals surface area contributed by atoms with Crippen LogP contribution in [0.4, 0.5) is 0 Å². The Bertz CT molecular complexity index is 403. The molecular formula is C14H18N2O. The molecule has 3 nitrogen and oxygen atoms in total. The summed E-state index contributed by atoms with van der Waals surface area (Å²) in [5.74, 6) is 0.878. The average Bonchev–Trinajstić information content (AvgIpc) is 2.35. The van der Waals surface area contributed by atoms with E-state index >= 15 is 0 Å². The molecule has 2 rings (SSSR count). The number of ether oxygens (including phenoxy) is 1. The molecule has 1 aliphatic heterocycles. The van der Waals surface area contributed by atoms with Crippen LogP contribution in [0.2, 0.25) is 0 Å². The van der Waals surface area contributed by atoms with E-state index in [0.29, 0.717) is 12.5 Å². The zero-order valence-electron chi connectivity index (χ0n) is 10.2. The van der Waals surface area contributed by atoms with E-state index in [1.807, 2.05) is 24.3 Å². The first-order valence-electron chi connectivity index (χ1n) is 6.09. The lowest BCUT2D eigenvalue weighted by Gasteiger charge is -2.29. The molecule has 0 amide bonds. The molecule has 1 fully saturated rings. The number of likely N-dealkylation sites (tertiary alicyclic amines) is 1. The third-order valence-electron chi connectivity index (χ3n) is 3.20. The Morgan fingerprint density at radius 2 is 2.06 bits per heavy atom. The second-order valence-corrected chi connectivity index (χ2v) is 4.56. The standard InChI is InChI=1S/C14H18N2O/c1-16-10-7-13(8-11-16)17-14-5-3-2-4-12(14)6-9-15/h2-5,13H,6-8,10-11H2,1H3. The third-order valence-corrected chi connectivity index (χ3v) is 3.20. The molecule has 1 aromatic rings.